The maximum atomic E-state index is 12.1. The second-order valence-electron chi connectivity index (χ2n) is 4.61. The smallest absolute Gasteiger partial charge is 0.311 e. The maximum absolute atomic E-state index is 12.1. The van der Waals surface area contributed by atoms with E-state index in [1.54, 1.807) is 17.0 Å². The van der Waals surface area contributed by atoms with Gasteiger partial charge in [-0.2, -0.15) is 0 Å². The molecule has 1 unspecified atom stereocenters. The molecule has 1 atom stereocenters. The summed E-state index contributed by atoms with van der Waals surface area (Å²) in [5.41, 5.74) is 1.46. The minimum Gasteiger partial charge on any atom is -0.481 e. The highest BCUT2D eigenvalue weighted by molar-refractivity contribution is 5.96. The van der Waals surface area contributed by atoms with E-state index >= 15 is 0 Å². The molecule has 0 fully saturated rings. The highest BCUT2D eigenvalue weighted by Crippen LogP contribution is 2.35. The van der Waals surface area contributed by atoms with Crippen molar-refractivity contribution in [3.05, 3.63) is 42.5 Å². The highest BCUT2D eigenvalue weighted by Gasteiger charge is 2.31. The normalized spacial score (nSPS) is 17.7. The van der Waals surface area contributed by atoms with Crippen molar-refractivity contribution in [1.82, 2.24) is 0 Å². The standard InChI is InChI=1S/C15H17NO3/c1-2-3-8-14(17)16-10-9-12(15(18)19)11-6-4-5-7-13(11)16/h2,4-7,12H,1,3,8-10H2,(H,18,19). The van der Waals surface area contributed by atoms with Crippen LogP contribution in [0.5, 0.6) is 0 Å². The summed E-state index contributed by atoms with van der Waals surface area (Å²) in [6, 6.07) is 7.25. The zero-order valence-electron chi connectivity index (χ0n) is 10.7. The van der Waals surface area contributed by atoms with E-state index in [9.17, 15) is 14.7 Å². The van der Waals surface area contributed by atoms with E-state index in [0.717, 1.165) is 11.3 Å². The second kappa shape index (κ2) is 5.69. The van der Waals surface area contributed by atoms with Crippen LogP contribution in [0.25, 0.3) is 0 Å². The number of hydrogen-bond donors (Lipinski definition) is 1. The van der Waals surface area contributed by atoms with Gasteiger partial charge in [-0.15, -0.1) is 6.58 Å². The summed E-state index contributed by atoms with van der Waals surface area (Å²) < 4.78 is 0. The summed E-state index contributed by atoms with van der Waals surface area (Å²) in [5.74, 6) is -1.32. The van der Waals surface area contributed by atoms with Crippen LogP contribution >= 0.6 is 0 Å². The van der Waals surface area contributed by atoms with Crippen molar-refractivity contribution >= 4 is 17.6 Å². The third-order valence-electron chi connectivity index (χ3n) is 3.41. The van der Waals surface area contributed by atoms with Crippen LogP contribution in [0.1, 0.15) is 30.7 Å². The number of benzene rings is 1. The molecule has 4 nitrogen and oxygen atoms in total. The Balaban J connectivity index is 2.30. The van der Waals surface area contributed by atoms with Gasteiger partial charge in [0.05, 0.1) is 5.92 Å². The number of anilines is 1. The Kier molecular flexibility index (Phi) is 4.00. The lowest BCUT2D eigenvalue weighted by Gasteiger charge is -2.32. The number of nitrogens with zero attached hydrogens (tertiary/aromatic N) is 1. The number of aliphatic carboxylic acids is 1. The first-order valence-electron chi connectivity index (χ1n) is 6.38. The molecule has 4 heteroatoms. The Hall–Kier alpha value is -2.10. The average molecular weight is 259 g/mol. The van der Waals surface area contributed by atoms with Crippen molar-refractivity contribution in [3.8, 4) is 0 Å². The molecule has 1 aliphatic heterocycles. The van der Waals surface area contributed by atoms with E-state index in [-0.39, 0.29) is 5.91 Å². The summed E-state index contributed by atoms with van der Waals surface area (Å²) in [6.07, 6.45) is 3.23. The summed E-state index contributed by atoms with van der Waals surface area (Å²) in [4.78, 5) is 25.1. The predicted molar refractivity (Wildman–Crippen MR) is 73.2 cm³/mol. The van der Waals surface area contributed by atoms with Gasteiger partial charge in [0.15, 0.2) is 0 Å². The number of hydrogen-bond acceptors (Lipinski definition) is 2. The first kappa shape index (κ1) is 13.3. The molecule has 0 aliphatic carbocycles. The zero-order chi connectivity index (χ0) is 13.8. The van der Waals surface area contributed by atoms with E-state index in [0.29, 0.717) is 25.8 Å². The highest BCUT2D eigenvalue weighted by atomic mass is 16.4. The van der Waals surface area contributed by atoms with Crippen LogP contribution in [0, 0.1) is 0 Å². The van der Waals surface area contributed by atoms with E-state index in [1.807, 2.05) is 18.2 Å². The van der Waals surface area contributed by atoms with Gasteiger partial charge >= 0.3 is 5.97 Å². The van der Waals surface area contributed by atoms with Crippen molar-refractivity contribution in [2.24, 2.45) is 0 Å². The van der Waals surface area contributed by atoms with E-state index in [4.69, 9.17) is 0 Å². The predicted octanol–water partition coefficient (Wildman–Crippen LogP) is 2.56. The fraction of sp³-hybridized carbons (Fsp3) is 0.333. The molecule has 100 valence electrons. The Bertz CT molecular complexity index is 510. The van der Waals surface area contributed by atoms with Crippen LogP contribution in [0.2, 0.25) is 0 Å². The number of para-hydroxylation sites is 1. The van der Waals surface area contributed by atoms with Gasteiger partial charge in [-0.1, -0.05) is 24.3 Å². The van der Waals surface area contributed by atoms with Crippen LogP contribution in [0.15, 0.2) is 36.9 Å². The molecule has 0 saturated heterocycles. The van der Waals surface area contributed by atoms with Gasteiger partial charge in [-0.3, -0.25) is 9.59 Å². The molecule has 1 aliphatic rings. The summed E-state index contributed by atoms with van der Waals surface area (Å²) in [6.45, 7) is 4.07. The van der Waals surface area contributed by atoms with Gasteiger partial charge in [0, 0.05) is 18.7 Å². The second-order valence-corrected chi connectivity index (χ2v) is 4.61. The molecule has 1 heterocycles. The van der Waals surface area contributed by atoms with Crippen molar-refractivity contribution < 1.29 is 14.7 Å². The van der Waals surface area contributed by atoms with Crippen LogP contribution in [0.3, 0.4) is 0 Å². The molecule has 0 spiro atoms. The molecule has 0 bridgehead atoms. The lowest BCUT2D eigenvalue weighted by atomic mass is 9.90. The molecule has 19 heavy (non-hydrogen) atoms. The van der Waals surface area contributed by atoms with Crippen molar-refractivity contribution in [1.29, 1.82) is 0 Å². The fourth-order valence-corrected chi connectivity index (χ4v) is 2.44. The van der Waals surface area contributed by atoms with E-state index < -0.39 is 11.9 Å². The molecule has 0 aromatic heterocycles. The number of rotatable bonds is 4. The molecule has 1 aromatic rings. The third kappa shape index (κ3) is 2.67. The topological polar surface area (TPSA) is 57.6 Å². The lowest BCUT2D eigenvalue weighted by Crippen LogP contribution is -2.38. The van der Waals surface area contributed by atoms with Gasteiger partial charge in [-0.05, 0) is 24.5 Å². The Morgan fingerprint density at radius 1 is 1.42 bits per heavy atom. The van der Waals surface area contributed by atoms with E-state index in [2.05, 4.69) is 6.58 Å². The van der Waals surface area contributed by atoms with Gasteiger partial charge < -0.3 is 10.0 Å². The molecule has 1 N–H and O–H groups in total. The van der Waals surface area contributed by atoms with Crippen molar-refractivity contribution in [2.45, 2.75) is 25.2 Å². The van der Waals surface area contributed by atoms with Gasteiger partial charge in [0.2, 0.25) is 5.91 Å². The van der Waals surface area contributed by atoms with Crippen LogP contribution in [-0.2, 0) is 9.59 Å². The molecule has 0 saturated carbocycles. The maximum Gasteiger partial charge on any atom is 0.311 e. The molecular formula is C15H17NO3. The molecule has 2 rings (SSSR count). The summed E-state index contributed by atoms with van der Waals surface area (Å²) >= 11 is 0. The lowest BCUT2D eigenvalue weighted by molar-refractivity contribution is -0.139. The van der Waals surface area contributed by atoms with Crippen molar-refractivity contribution in [3.63, 3.8) is 0 Å². The number of amides is 1. The first-order valence-corrected chi connectivity index (χ1v) is 6.38. The summed E-state index contributed by atoms with van der Waals surface area (Å²) in [5, 5.41) is 9.23. The number of fused-ring (bicyclic) bond motifs is 1. The zero-order valence-corrected chi connectivity index (χ0v) is 10.7. The number of carbonyl (C=O) groups is 2. The third-order valence-corrected chi connectivity index (χ3v) is 3.41. The van der Waals surface area contributed by atoms with Crippen LogP contribution in [-0.4, -0.2) is 23.5 Å². The summed E-state index contributed by atoms with van der Waals surface area (Å²) in [7, 11) is 0. The minimum atomic E-state index is -0.828. The number of carboxylic acid groups (broad SMARTS) is 1. The number of allylic oxidation sites excluding steroid dienone is 1. The molecule has 1 amide bonds. The van der Waals surface area contributed by atoms with E-state index in [1.165, 1.54) is 0 Å². The monoisotopic (exact) mass is 259 g/mol. The van der Waals surface area contributed by atoms with Gasteiger partial charge in [-0.25, -0.2) is 0 Å². The Labute approximate surface area is 112 Å². The molecular weight excluding hydrogens is 242 g/mol. The Morgan fingerprint density at radius 3 is 2.84 bits per heavy atom. The van der Waals surface area contributed by atoms with Crippen LogP contribution in [0.4, 0.5) is 5.69 Å². The fourth-order valence-electron chi connectivity index (χ4n) is 2.44. The SMILES string of the molecule is C=CCCC(=O)N1CCC(C(=O)O)c2ccccc21. The minimum absolute atomic E-state index is 0.0242. The van der Waals surface area contributed by atoms with Gasteiger partial charge in [0.25, 0.3) is 0 Å². The quantitative estimate of drug-likeness (QED) is 0.845. The van der Waals surface area contributed by atoms with Gasteiger partial charge in [0.1, 0.15) is 0 Å². The van der Waals surface area contributed by atoms with Crippen molar-refractivity contribution in [2.75, 3.05) is 11.4 Å². The largest absolute Gasteiger partial charge is 0.481 e. The number of carboxylic acids is 1. The first-order chi connectivity index (χ1) is 9.15. The Morgan fingerprint density at radius 2 is 2.16 bits per heavy atom. The number of carbonyl (C=O) groups excluding carboxylic acids is 1. The van der Waals surface area contributed by atoms with Crippen LogP contribution < -0.4 is 4.90 Å². The molecule has 0 radical (unpaired) electrons. The average Bonchev–Trinajstić information content (AvgIpc) is 2.43. The molecule has 1 aromatic carbocycles.